The lowest BCUT2D eigenvalue weighted by Gasteiger charge is -2.27. The van der Waals surface area contributed by atoms with E-state index in [2.05, 4.69) is 17.0 Å². The molecule has 1 fully saturated rings. The molecule has 7 heteroatoms. The zero-order valence-electron chi connectivity index (χ0n) is 16.1. The lowest BCUT2D eigenvalue weighted by atomic mass is 9.87. The topological polar surface area (TPSA) is 84.5 Å². The first-order valence-electron chi connectivity index (χ1n) is 9.45. The quantitative estimate of drug-likeness (QED) is 0.770. The third-order valence-electron chi connectivity index (χ3n) is 5.02. The molecule has 0 aromatic heterocycles. The van der Waals surface area contributed by atoms with Gasteiger partial charge in [0, 0.05) is 17.3 Å². The molecule has 2 N–H and O–H groups in total. The van der Waals surface area contributed by atoms with Crippen LogP contribution in [-0.4, -0.2) is 27.5 Å². The van der Waals surface area contributed by atoms with Crippen LogP contribution in [0.5, 0.6) is 5.75 Å². The van der Waals surface area contributed by atoms with Crippen molar-refractivity contribution in [3.63, 3.8) is 0 Å². The Morgan fingerprint density at radius 1 is 1.11 bits per heavy atom. The summed E-state index contributed by atoms with van der Waals surface area (Å²) in [5, 5.41) is 3.04. The second-order valence-electron chi connectivity index (χ2n) is 7.30. The molecule has 0 aliphatic heterocycles. The molecule has 3 rings (SSSR count). The van der Waals surface area contributed by atoms with E-state index in [1.807, 2.05) is 0 Å². The van der Waals surface area contributed by atoms with Crippen molar-refractivity contribution in [3.8, 4) is 5.75 Å². The average molecular weight is 403 g/mol. The van der Waals surface area contributed by atoms with Crippen LogP contribution in [0.2, 0.25) is 0 Å². The molecule has 0 heterocycles. The van der Waals surface area contributed by atoms with Gasteiger partial charge in [-0.05, 0) is 61.2 Å². The molecule has 0 radical (unpaired) electrons. The van der Waals surface area contributed by atoms with Crippen LogP contribution in [0.1, 0.15) is 43.0 Å². The van der Waals surface area contributed by atoms with Gasteiger partial charge in [-0.2, -0.15) is 0 Å². The molecule has 2 aromatic carbocycles. The monoisotopic (exact) mass is 402 g/mol. The summed E-state index contributed by atoms with van der Waals surface area (Å²) >= 11 is 0. The first-order chi connectivity index (χ1) is 13.4. The van der Waals surface area contributed by atoms with Gasteiger partial charge in [-0.15, -0.1) is 0 Å². The SMILES string of the molecule is COc1ccc(NS(=O)(=O)c2cccc(C(=O)NC3CCCC(C)C3)c2)cc1. The van der Waals surface area contributed by atoms with E-state index in [1.54, 1.807) is 43.5 Å². The Morgan fingerprint density at radius 3 is 2.54 bits per heavy atom. The van der Waals surface area contributed by atoms with Crippen molar-refractivity contribution >= 4 is 21.6 Å². The summed E-state index contributed by atoms with van der Waals surface area (Å²) in [4.78, 5) is 12.6. The Morgan fingerprint density at radius 2 is 1.86 bits per heavy atom. The minimum Gasteiger partial charge on any atom is -0.497 e. The number of benzene rings is 2. The van der Waals surface area contributed by atoms with Gasteiger partial charge in [0.1, 0.15) is 5.75 Å². The molecule has 0 bridgehead atoms. The van der Waals surface area contributed by atoms with E-state index >= 15 is 0 Å². The largest absolute Gasteiger partial charge is 0.497 e. The fourth-order valence-corrected chi connectivity index (χ4v) is 4.62. The Hall–Kier alpha value is -2.54. The third-order valence-corrected chi connectivity index (χ3v) is 6.40. The molecule has 1 aliphatic rings. The number of sulfonamides is 1. The molecular weight excluding hydrogens is 376 g/mol. The van der Waals surface area contributed by atoms with Crippen molar-refractivity contribution in [2.45, 2.75) is 43.5 Å². The summed E-state index contributed by atoms with van der Waals surface area (Å²) in [6.07, 6.45) is 4.22. The Bertz CT molecular complexity index is 926. The van der Waals surface area contributed by atoms with Crippen molar-refractivity contribution in [2.75, 3.05) is 11.8 Å². The van der Waals surface area contributed by atoms with E-state index in [9.17, 15) is 13.2 Å². The van der Waals surface area contributed by atoms with Crippen molar-refractivity contribution in [3.05, 3.63) is 54.1 Å². The van der Waals surface area contributed by atoms with Gasteiger partial charge < -0.3 is 10.1 Å². The zero-order valence-corrected chi connectivity index (χ0v) is 17.0. The summed E-state index contributed by atoms with van der Waals surface area (Å²) in [6, 6.07) is 12.8. The van der Waals surface area contributed by atoms with E-state index in [1.165, 1.54) is 18.6 Å². The van der Waals surface area contributed by atoms with Crippen LogP contribution in [0.4, 0.5) is 5.69 Å². The first kappa shape index (κ1) is 20.2. The van der Waals surface area contributed by atoms with Gasteiger partial charge in [-0.25, -0.2) is 8.42 Å². The Labute approximate surface area is 166 Å². The number of nitrogens with one attached hydrogen (secondary N) is 2. The fourth-order valence-electron chi connectivity index (χ4n) is 3.51. The van der Waals surface area contributed by atoms with Crippen LogP contribution in [0, 0.1) is 5.92 Å². The van der Waals surface area contributed by atoms with Crippen molar-refractivity contribution in [1.29, 1.82) is 0 Å². The predicted octanol–water partition coefficient (Wildman–Crippen LogP) is 3.80. The predicted molar refractivity (Wildman–Crippen MR) is 109 cm³/mol. The van der Waals surface area contributed by atoms with E-state index in [4.69, 9.17) is 4.74 Å². The Kier molecular flexibility index (Phi) is 6.24. The second-order valence-corrected chi connectivity index (χ2v) is 8.99. The van der Waals surface area contributed by atoms with Gasteiger partial charge in [0.05, 0.1) is 12.0 Å². The molecule has 1 aliphatic carbocycles. The number of amides is 1. The smallest absolute Gasteiger partial charge is 0.261 e. The maximum Gasteiger partial charge on any atom is 0.261 e. The number of ether oxygens (including phenoxy) is 1. The van der Waals surface area contributed by atoms with Crippen LogP contribution in [0.25, 0.3) is 0 Å². The lowest BCUT2D eigenvalue weighted by molar-refractivity contribution is 0.0921. The number of rotatable bonds is 6. The van der Waals surface area contributed by atoms with Crippen molar-refractivity contribution in [2.24, 2.45) is 5.92 Å². The molecule has 150 valence electrons. The summed E-state index contributed by atoms with van der Waals surface area (Å²) in [5.41, 5.74) is 0.766. The van der Waals surface area contributed by atoms with E-state index in [0.29, 0.717) is 22.9 Å². The normalized spacial score (nSPS) is 19.6. The van der Waals surface area contributed by atoms with Crippen LogP contribution in [0.3, 0.4) is 0 Å². The molecule has 2 aromatic rings. The molecule has 2 atom stereocenters. The minimum atomic E-state index is -3.80. The minimum absolute atomic E-state index is 0.0491. The lowest BCUT2D eigenvalue weighted by Crippen LogP contribution is -2.38. The number of carbonyl (C=O) groups excluding carboxylic acids is 1. The maximum absolute atomic E-state index is 12.7. The summed E-state index contributed by atoms with van der Waals surface area (Å²) in [6.45, 7) is 2.19. The van der Waals surface area contributed by atoms with E-state index in [0.717, 1.165) is 19.3 Å². The Balaban J connectivity index is 1.72. The van der Waals surface area contributed by atoms with Crippen molar-refractivity contribution in [1.82, 2.24) is 5.32 Å². The number of hydrogen-bond acceptors (Lipinski definition) is 4. The highest BCUT2D eigenvalue weighted by Gasteiger charge is 2.22. The molecular formula is C21H26N2O4S. The highest BCUT2D eigenvalue weighted by molar-refractivity contribution is 7.92. The second kappa shape index (κ2) is 8.65. The average Bonchev–Trinajstić information content (AvgIpc) is 2.68. The van der Waals surface area contributed by atoms with Crippen LogP contribution in [0.15, 0.2) is 53.4 Å². The summed E-state index contributed by atoms with van der Waals surface area (Å²) in [7, 11) is -2.26. The number of hydrogen-bond donors (Lipinski definition) is 2. The zero-order chi connectivity index (χ0) is 20.1. The molecule has 1 amide bonds. The van der Waals surface area contributed by atoms with Crippen LogP contribution >= 0.6 is 0 Å². The standard InChI is InChI=1S/C21H26N2O4S/c1-15-5-3-7-18(13-15)22-21(24)16-6-4-8-20(14-16)28(25,26)23-17-9-11-19(27-2)12-10-17/h4,6,8-12,14-15,18,23H,3,5,7,13H2,1-2H3,(H,22,24). The van der Waals surface area contributed by atoms with E-state index < -0.39 is 10.0 Å². The van der Waals surface area contributed by atoms with Gasteiger partial charge in [-0.1, -0.05) is 25.8 Å². The third kappa shape index (κ3) is 5.04. The van der Waals surface area contributed by atoms with Crippen LogP contribution in [-0.2, 0) is 10.0 Å². The number of carbonyl (C=O) groups is 1. The summed E-state index contributed by atoms with van der Waals surface area (Å²) in [5.74, 6) is 0.999. The molecule has 28 heavy (non-hydrogen) atoms. The van der Waals surface area contributed by atoms with Gasteiger partial charge in [-0.3, -0.25) is 9.52 Å². The first-order valence-corrected chi connectivity index (χ1v) is 10.9. The highest BCUT2D eigenvalue weighted by Crippen LogP contribution is 2.24. The molecule has 0 spiro atoms. The summed E-state index contributed by atoms with van der Waals surface area (Å²) < 4.78 is 33.0. The van der Waals surface area contributed by atoms with Gasteiger partial charge in [0.2, 0.25) is 0 Å². The van der Waals surface area contributed by atoms with Gasteiger partial charge in [0.15, 0.2) is 0 Å². The van der Waals surface area contributed by atoms with E-state index in [-0.39, 0.29) is 16.8 Å². The molecule has 6 nitrogen and oxygen atoms in total. The number of anilines is 1. The molecule has 2 unspecified atom stereocenters. The highest BCUT2D eigenvalue weighted by atomic mass is 32.2. The van der Waals surface area contributed by atoms with Gasteiger partial charge in [0.25, 0.3) is 15.9 Å². The molecule has 1 saturated carbocycles. The fraction of sp³-hybridized carbons (Fsp3) is 0.381. The molecule has 0 saturated heterocycles. The number of methoxy groups -OCH3 is 1. The maximum atomic E-state index is 12.7. The van der Waals surface area contributed by atoms with Crippen LogP contribution < -0.4 is 14.8 Å². The van der Waals surface area contributed by atoms with Gasteiger partial charge >= 0.3 is 0 Å². The van der Waals surface area contributed by atoms with Crippen molar-refractivity contribution < 1.29 is 17.9 Å².